The summed E-state index contributed by atoms with van der Waals surface area (Å²) in [6.45, 7) is 5.24. The Morgan fingerprint density at radius 1 is 0.900 bits per heavy atom. The highest BCUT2D eigenvalue weighted by Gasteiger charge is 2.16. The first-order valence-electron chi connectivity index (χ1n) is 9.64. The number of aryl methyl sites for hydroxylation is 2. The Labute approximate surface area is 175 Å². The molecule has 2 aromatic rings. The molecule has 0 atom stereocenters. The molecule has 0 heterocycles. The van der Waals surface area contributed by atoms with Crippen molar-refractivity contribution < 1.29 is 28.7 Å². The quantitative estimate of drug-likeness (QED) is 0.500. The van der Waals surface area contributed by atoms with Gasteiger partial charge in [-0.3, -0.25) is 14.4 Å². The first-order valence-corrected chi connectivity index (χ1v) is 9.64. The third-order valence-corrected chi connectivity index (χ3v) is 4.45. The highest BCUT2D eigenvalue weighted by Crippen LogP contribution is 2.16. The van der Waals surface area contributed by atoms with Gasteiger partial charge in [0.25, 0.3) is 5.91 Å². The summed E-state index contributed by atoms with van der Waals surface area (Å²) < 4.78 is 9.88. The lowest BCUT2D eigenvalue weighted by atomic mass is 10.0. The molecule has 7 nitrogen and oxygen atoms in total. The molecule has 0 aliphatic rings. The number of para-hydroxylation sites is 1. The van der Waals surface area contributed by atoms with Crippen molar-refractivity contribution in [3.63, 3.8) is 0 Å². The fourth-order valence-electron chi connectivity index (χ4n) is 2.66. The molecule has 30 heavy (non-hydrogen) atoms. The van der Waals surface area contributed by atoms with Crippen molar-refractivity contribution in [2.24, 2.45) is 0 Å². The van der Waals surface area contributed by atoms with E-state index in [0.717, 1.165) is 11.1 Å². The minimum atomic E-state index is -0.652. The van der Waals surface area contributed by atoms with Gasteiger partial charge in [-0.25, -0.2) is 4.79 Å². The number of ether oxygens (including phenoxy) is 2. The number of nitrogens with one attached hydrogen (secondary N) is 1. The van der Waals surface area contributed by atoms with Gasteiger partial charge in [0.05, 0.1) is 24.3 Å². The summed E-state index contributed by atoms with van der Waals surface area (Å²) in [7, 11) is 0. The Morgan fingerprint density at radius 2 is 1.63 bits per heavy atom. The van der Waals surface area contributed by atoms with Gasteiger partial charge < -0.3 is 14.8 Å². The number of amides is 1. The maximum atomic E-state index is 12.2. The van der Waals surface area contributed by atoms with Crippen molar-refractivity contribution in [1.82, 2.24) is 0 Å². The summed E-state index contributed by atoms with van der Waals surface area (Å²) >= 11 is 0. The number of anilines is 1. The molecule has 2 aromatic carbocycles. The number of ketones is 1. The van der Waals surface area contributed by atoms with Crippen LogP contribution < -0.4 is 5.32 Å². The van der Waals surface area contributed by atoms with Crippen LogP contribution in [0.25, 0.3) is 0 Å². The first-order chi connectivity index (χ1) is 14.3. The van der Waals surface area contributed by atoms with Crippen LogP contribution in [-0.4, -0.2) is 36.8 Å². The average Bonchev–Trinajstić information content (AvgIpc) is 2.73. The molecule has 0 aliphatic heterocycles. The van der Waals surface area contributed by atoms with Crippen LogP contribution in [0.5, 0.6) is 0 Å². The summed E-state index contributed by atoms with van der Waals surface area (Å²) in [6.07, 6.45) is -0.132. The van der Waals surface area contributed by atoms with Crippen molar-refractivity contribution >= 4 is 29.3 Å². The number of rotatable bonds is 9. The fraction of sp³-hybridized carbons (Fsp3) is 0.304. The van der Waals surface area contributed by atoms with Gasteiger partial charge >= 0.3 is 11.9 Å². The van der Waals surface area contributed by atoms with Crippen molar-refractivity contribution in [2.45, 2.75) is 33.6 Å². The molecule has 1 N–H and O–H groups in total. The molecule has 7 heteroatoms. The van der Waals surface area contributed by atoms with Gasteiger partial charge in [0.2, 0.25) is 0 Å². The Balaban J connectivity index is 1.82. The van der Waals surface area contributed by atoms with Crippen LogP contribution in [0.2, 0.25) is 0 Å². The van der Waals surface area contributed by atoms with Crippen LogP contribution in [0.15, 0.2) is 42.5 Å². The summed E-state index contributed by atoms with van der Waals surface area (Å²) in [5.74, 6) is -1.97. The van der Waals surface area contributed by atoms with Gasteiger partial charge in [-0.2, -0.15) is 0 Å². The van der Waals surface area contributed by atoms with E-state index >= 15 is 0 Å². The number of hydrogen-bond donors (Lipinski definition) is 1. The third kappa shape index (κ3) is 6.55. The van der Waals surface area contributed by atoms with E-state index in [9.17, 15) is 19.2 Å². The molecule has 2 rings (SSSR count). The molecule has 0 saturated carbocycles. The molecule has 158 valence electrons. The second-order valence-electron chi connectivity index (χ2n) is 6.70. The standard InChI is InChI=1S/C23H25NO6/c1-4-29-23(28)18-7-5-6-8-19(18)24-21(26)14-30-22(27)12-11-20(25)17-10-9-15(2)16(3)13-17/h5-10,13H,4,11-12,14H2,1-3H3,(H,24,26). The molecule has 0 unspecified atom stereocenters. The zero-order valence-corrected chi connectivity index (χ0v) is 17.3. The minimum Gasteiger partial charge on any atom is -0.462 e. The van der Waals surface area contributed by atoms with Crippen LogP contribution in [-0.2, 0) is 19.1 Å². The van der Waals surface area contributed by atoms with E-state index in [1.165, 1.54) is 6.07 Å². The van der Waals surface area contributed by atoms with Crippen molar-refractivity contribution in [3.05, 3.63) is 64.7 Å². The molecule has 1 amide bonds. The van der Waals surface area contributed by atoms with E-state index in [1.54, 1.807) is 37.3 Å². The number of carbonyl (C=O) groups is 4. The van der Waals surface area contributed by atoms with Crippen LogP contribution in [0.3, 0.4) is 0 Å². The lowest BCUT2D eigenvalue weighted by Crippen LogP contribution is -2.22. The molecule has 0 aromatic heterocycles. The maximum Gasteiger partial charge on any atom is 0.340 e. The number of Topliss-reactive ketones (excluding diaryl/α,β-unsaturated/α-hetero) is 1. The summed E-state index contributed by atoms with van der Waals surface area (Å²) in [5.41, 5.74) is 3.10. The van der Waals surface area contributed by atoms with Crippen molar-refractivity contribution in [1.29, 1.82) is 0 Å². The molecule has 0 saturated heterocycles. The fourth-order valence-corrected chi connectivity index (χ4v) is 2.66. The van der Waals surface area contributed by atoms with E-state index in [0.29, 0.717) is 5.56 Å². The lowest BCUT2D eigenvalue weighted by Gasteiger charge is -2.10. The van der Waals surface area contributed by atoms with Gasteiger partial charge in [0, 0.05) is 12.0 Å². The molecule has 0 fully saturated rings. The molecular formula is C23H25NO6. The van der Waals surface area contributed by atoms with Crippen LogP contribution in [0, 0.1) is 13.8 Å². The second-order valence-corrected chi connectivity index (χ2v) is 6.70. The zero-order chi connectivity index (χ0) is 22.1. The molecule has 0 spiro atoms. The Kier molecular flexibility index (Phi) is 8.29. The number of esters is 2. The third-order valence-electron chi connectivity index (χ3n) is 4.45. The van der Waals surface area contributed by atoms with E-state index in [4.69, 9.17) is 9.47 Å². The molecule has 0 aliphatic carbocycles. The van der Waals surface area contributed by atoms with Gasteiger partial charge in [-0.15, -0.1) is 0 Å². The monoisotopic (exact) mass is 411 g/mol. The van der Waals surface area contributed by atoms with Gasteiger partial charge in [-0.1, -0.05) is 24.3 Å². The van der Waals surface area contributed by atoms with E-state index in [-0.39, 0.29) is 36.5 Å². The van der Waals surface area contributed by atoms with E-state index < -0.39 is 24.5 Å². The first kappa shape index (κ1) is 22.8. The van der Waals surface area contributed by atoms with E-state index in [1.807, 2.05) is 19.9 Å². The van der Waals surface area contributed by atoms with Crippen LogP contribution >= 0.6 is 0 Å². The lowest BCUT2D eigenvalue weighted by molar-refractivity contribution is -0.147. The second kappa shape index (κ2) is 10.9. The maximum absolute atomic E-state index is 12.2. The molecular weight excluding hydrogens is 386 g/mol. The smallest absolute Gasteiger partial charge is 0.340 e. The Hall–Kier alpha value is -3.48. The Bertz CT molecular complexity index is 950. The van der Waals surface area contributed by atoms with Gasteiger partial charge in [-0.05, 0) is 50.1 Å². The van der Waals surface area contributed by atoms with Crippen molar-refractivity contribution in [2.75, 3.05) is 18.5 Å². The van der Waals surface area contributed by atoms with Crippen LogP contribution in [0.4, 0.5) is 5.69 Å². The topological polar surface area (TPSA) is 98.8 Å². The van der Waals surface area contributed by atoms with E-state index in [2.05, 4.69) is 5.32 Å². The number of hydrogen-bond acceptors (Lipinski definition) is 6. The molecule has 0 bridgehead atoms. The number of carbonyl (C=O) groups excluding carboxylic acids is 4. The molecule has 0 radical (unpaired) electrons. The summed E-state index contributed by atoms with van der Waals surface area (Å²) in [5, 5.41) is 2.52. The highest BCUT2D eigenvalue weighted by atomic mass is 16.5. The predicted octanol–water partition coefficient (Wildman–Crippen LogP) is 3.62. The average molecular weight is 411 g/mol. The Morgan fingerprint density at radius 3 is 2.33 bits per heavy atom. The van der Waals surface area contributed by atoms with Gasteiger partial charge in [0.1, 0.15) is 0 Å². The van der Waals surface area contributed by atoms with Crippen LogP contribution in [0.1, 0.15) is 51.6 Å². The highest BCUT2D eigenvalue weighted by molar-refractivity contribution is 6.02. The normalized spacial score (nSPS) is 10.2. The predicted molar refractivity (Wildman–Crippen MR) is 111 cm³/mol. The summed E-state index contributed by atoms with van der Waals surface area (Å²) in [6, 6.07) is 11.8. The SMILES string of the molecule is CCOC(=O)c1ccccc1NC(=O)COC(=O)CCC(=O)c1ccc(C)c(C)c1. The number of benzene rings is 2. The summed E-state index contributed by atoms with van der Waals surface area (Å²) in [4.78, 5) is 48.1. The van der Waals surface area contributed by atoms with Crippen molar-refractivity contribution in [3.8, 4) is 0 Å². The van der Waals surface area contributed by atoms with Gasteiger partial charge in [0.15, 0.2) is 12.4 Å². The minimum absolute atomic E-state index is 0.00531. The largest absolute Gasteiger partial charge is 0.462 e. The zero-order valence-electron chi connectivity index (χ0n) is 17.3.